The third-order valence-electron chi connectivity index (χ3n) is 4.04. The van der Waals surface area contributed by atoms with E-state index in [1.807, 2.05) is 6.07 Å². The quantitative estimate of drug-likeness (QED) is 0.548. The van der Waals surface area contributed by atoms with Crippen LogP contribution in [0.15, 0.2) is 82.2 Å². The number of halogens is 2. The maximum absolute atomic E-state index is 12.9. The Morgan fingerprint density at radius 2 is 1.71 bits per heavy atom. The van der Waals surface area contributed by atoms with Gasteiger partial charge in [0.15, 0.2) is 0 Å². The highest BCUT2D eigenvalue weighted by Gasteiger charge is 2.22. The predicted molar refractivity (Wildman–Crippen MR) is 116 cm³/mol. The van der Waals surface area contributed by atoms with Gasteiger partial charge in [-0.3, -0.25) is 9.10 Å². The maximum Gasteiger partial charge on any atom is 0.264 e. The molecule has 0 unspecified atom stereocenters. The van der Waals surface area contributed by atoms with Gasteiger partial charge in [0, 0.05) is 17.2 Å². The summed E-state index contributed by atoms with van der Waals surface area (Å²) in [5, 5.41) is 2.99. The van der Waals surface area contributed by atoms with Gasteiger partial charge in [0.25, 0.3) is 15.9 Å². The molecular formula is C20H16BrClN2O3S. The molecule has 0 heterocycles. The molecule has 144 valence electrons. The fourth-order valence-corrected chi connectivity index (χ4v) is 4.35. The van der Waals surface area contributed by atoms with Crippen LogP contribution in [0.3, 0.4) is 0 Å². The molecule has 1 N–H and O–H groups in total. The Bertz CT molecular complexity index is 1120. The van der Waals surface area contributed by atoms with Crippen LogP contribution in [0.25, 0.3) is 0 Å². The average Bonchev–Trinajstić information content (AvgIpc) is 2.70. The molecule has 3 rings (SSSR count). The van der Waals surface area contributed by atoms with Crippen LogP contribution in [0.1, 0.15) is 10.4 Å². The van der Waals surface area contributed by atoms with E-state index in [1.165, 1.54) is 23.5 Å². The number of amides is 1. The van der Waals surface area contributed by atoms with Gasteiger partial charge in [-0.1, -0.05) is 51.8 Å². The van der Waals surface area contributed by atoms with Crippen molar-refractivity contribution in [2.75, 3.05) is 16.7 Å². The number of hydrogen-bond donors (Lipinski definition) is 1. The first-order valence-electron chi connectivity index (χ1n) is 8.19. The van der Waals surface area contributed by atoms with Crippen molar-refractivity contribution in [1.29, 1.82) is 0 Å². The number of carbonyl (C=O) groups excluding carboxylic acids is 1. The first-order valence-corrected chi connectivity index (χ1v) is 10.8. The molecule has 8 heteroatoms. The van der Waals surface area contributed by atoms with Crippen molar-refractivity contribution in [3.8, 4) is 0 Å². The molecule has 0 aromatic heterocycles. The summed E-state index contributed by atoms with van der Waals surface area (Å²) in [5.41, 5.74) is 1.17. The van der Waals surface area contributed by atoms with Gasteiger partial charge >= 0.3 is 0 Å². The highest BCUT2D eigenvalue weighted by Crippen LogP contribution is 2.25. The second-order valence-electron chi connectivity index (χ2n) is 5.91. The fourth-order valence-electron chi connectivity index (χ4n) is 2.54. The van der Waals surface area contributed by atoms with Crippen LogP contribution < -0.4 is 9.62 Å². The smallest absolute Gasteiger partial charge is 0.264 e. The monoisotopic (exact) mass is 478 g/mol. The lowest BCUT2D eigenvalue weighted by Gasteiger charge is -2.20. The van der Waals surface area contributed by atoms with Crippen LogP contribution in [0.5, 0.6) is 0 Å². The molecule has 28 heavy (non-hydrogen) atoms. The van der Waals surface area contributed by atoms with Crippen molar-refractivity contribution in [3.63, 3.8) is 0 Å². The first-order chi connectivity index (χ1) is 13.3. The zero-order chi connectivity index (χ0) is 20.3. The Labute approximate surface area is 177 Å². The van der Waals surface area contributed by atoms with E-state index < -0.39 is 15.9 Å². The molecule has 0 saturated heterocycles. The number of nitrogens with zero attached hydrogens (tertiary/aromatic N) is 1. The normalized spacial score (nSPS) is 11.1. The molecule has 1 amide bonds. The minimum atomic E-state index is -3.78. The van der Waals surface area contributed by atoms with Gasteiger partial charge in [0.2, 0.25) is 0 Å². The van der Waals surface area contributed by atoms with Crippen LogP contribution in [0, 0.1) is 0 Å². The summed E-state index contributed by atoms with van der Waals surface area (Å²) in [6.07, 6.45) is 0. The lowest BCUT2D eigenvalue weighted by Crippen LogP contribution is -2.26. The Balaban J connectivity index is 1.88. The number of rotatable bonds is 5. The maximum atomic E-state index is 12.9. The molecule has 0 aliphatic carbocycles. The standard InChI is InChI=1S/C20H16BrClN2O3S/c1-24(16-7-3-2-4-8-16)28(26,27)17-9-5-6-15(13-17)23-20(25)18-12-14(21)10-11-19(18)22/h2-13H,1H3,(H,23,25). The molecule has 0 aliphatic heterocycles. The Hall–Kier alpha value is -2.35. The highest BCUT2D eigenvalue weighted by atomic mass is 79.9. The van der Waals surface area contributed by atoms with E-state index in [9.17, 15) is 13.2 Å². The lowest BCUT2D eigenvalue weighted by atomic mass is 10.2. The van der Waals surface area contributed by atoms with Crippen molar-refractivity contribution in [2.45, 2.75) is 4.90 Å². The molecule has 0 atom stereocenters. The van der Waals surface area contributed by atoms with Crippen LogP contribution in [-0.4, -0.2) is 21.4 Å². The van der Waals surface area contributed by atoms with Crippen molar-refractivity contribution < 1.29 is 13.2 Å². The molecule has 0 aliphatic rings. The van der Waals surface area contributed by atoms with E-state index in [1.54, 1.807) is 54.6 Å². The van der Waals surface area contributed by atoms with Gasteiger partial charge in [-0.15, -0.1) is 0 Å². The van der Waals surface area contributed by atoms with Crippen molar-refractivity contribution in [2.24, 2.45) is 0 Å². The number of sulfonamides is 1. The van der Waals surface area contributed by atoms with Crippen LogP contribution in [-0.2, 0) is 10.0 Å². The summed E-state index contributed by atoms with van der Waals surface area (Å²) >= 11 is 9.39. The minimum absolute atomic E-state index is 0.0667. The largest absolute Gasteiger partial charge is 0.322 e. The Morgan fingerprint density at radius 3 is 2.43 bits per heavy atom. The van der Waals surface area contributed by atoms with E-state index in [-0.39, 0.29) is 10.5 Å². The summed E-state index contributed by atoms with van der Waals surface area (Å²) in [7, 11) is -2.30. The summed E-state index contributed by atoms with van der Waals surface area (Å²) in [4.78, 5) is 12.6. The highest BCUT2D eigenvalue weighted by molar-refractivity contribution is 9.10. The Morgan fingerprint density at radius 1 is 1.00 bits per heavy atom. The molecule has 3 aromatic carbocycles. The molecule has 3 aromatic rings. The van der Waals surface area contributed by atoms with E-state index in [2.05, 4.69) is 21.2 Å². The Kier molecular flexibility index (Phi) is 6.07. The summed E-state index contributed by atoms with van der Waals surface area (Å²) in [6, 6.07) is 19.8. The predicted octanol–water partition coefficient (Wildman–Crippen LogP) is 5.18. The van der Waals surface area contributed by atoms with Crippen LogP contribution in [0.4, 0.5) is 11.4 Å². The SMILES string of the molecule is CN(c1ccccc1)S(=O)(=O)c1cccc(NC(=O)c2cc(Br)ccc2Cl)c1. The van der Waals surface area contributed by atoms with Gasteiger partial charge in [-0.25, -0.2) is 8.42 Å². The lowest BCUT2D eigenvalue weighted by molar-refractivity contribution is 0.102. The summed E-state index contributed by atoms with van der Waals surface area (Å²) in [5.74, 6) is -0.433. The third-order valence-corrected chi connectivity index (χ3v) is 6.65. The second-order valence-corrected chi connectivity index (χ2v) is 9.21. The van der Waals surface area contributed by atoms with Crippen LogP contribution in [0.2, 0.25) is 5.02 Å². The van der Waals surface area contributed by atoms with Gasteiger partial charge < -0.3 is 5.32 Å². The third kappa shape index (κ3) is 4.38. The number of nitrogens with one attached hydrogen (secondary N) is 1. The van der Waals surface area contributed by atoms with Gasteiger partial charge in [-0.05, 0) is 48.5 Å². The zero-order valence-electron chi connectivity index (χ0n) is 14.8. The molecule has 0 fully saturated rings. The number of anilines is 2. The van der Waals surface area contributed by atoms with Crippen molar-refractivity contribution in [1.82, 2.24) is 0 Å². The summed E-state index contributed by atoms with van der Waals surface area (Å²) in [6.45, 7) is 0. The van der Waals surface area contributed by atoms with Gasteiger partial charge in [0.05, 0.1) is 21.2 Å². The van der Waals surface area contributed by atoms with Gasteiger partial charge in [-0.2, -0.15) is 0 Å². The molecule has 0 radical (unpaired) electrons. The van der Waals surface area contributed by atoms with Crippen LogP contribution >= 0.6 is 27.5 Å². The minimum Gasteiger partial charge on any atom is -0.322 e. The van der Waals surface area contributed by atoms with Crippen molar-refractivity contribution in [3.05, 3.63) is 87.9 Å². The second kappa shape index (κ2) is 8.34. The topological polar surface area (TPSA) is 66.5 Å². The number of para-hydroxylation sites is 1. The van der Waals surface area contributed by atoms with E-state index in [4.69, 9.17) is 11.6 Å². The number of hydrogen-bond acceptors (Lipinski definition) is 3. The molecule has 0 spiro atoms. The molecule has 0 saturated carbocycles. The van der Waals surface area contributed by atoms with Gasteiger partial charge in [0.1, 0.15) is 0 Å². The zero-order valence-corrected chi connectivity index (χ0v) is 17.9. The molecule has 0 bridgehead atoms. The van der Waals surface area contributed by atoms with E-state index >= 15 is 0 Å². The summed E-state index contributed by atoms with van der Waals surface area (Å²) < 4.78 is 27.8. The number of benzene rings is 3. The van der Waals surface area contributed by atoms with E-state index in [0.29, 0.717) is 20.9 Å². The number of carbonyl (C=O) groups is 1. The fraction of sp³-hybridized carbons (Fsp3) is 0.0500. The van der Waals surface area contributed by atoms with Crippen molar-refractivity contribution >= 4 is 54.8 Å². The average molecular weight is 480 g/mol. The van der Waals surface area contributed by atoms with E-state index in [0.717, 1.165) is 0 Å². The molecular weight excluding hydrogens is 464 g/mol. The first kappa shape index (κ1) is 20.4. The molecule has 5 nitrogen and oxygen atoms in total.